The number of allylic oxidation sites excluding steroid dienone is 4. The van der Waals surface area contributed by atoms with Crippen molar-refractivity contribution in [2.24, 2.45) is 4.99 Å². The number of hydrogen-bond donors (Lipinski definition) is 1. The van der Waals surface area contributed by atoms with E-state index < -0.39 is 0 Å². The minimum atomic E-state index is 0.256. The van der Waals surface area contributed by atoms with E-state index in [2.05, 4.69) is 45.1 Å². The Bertz CT molecular complexity index is 860. The number of ether oxygens (including phenoxy) is 1. The van der Waals surface area contributed by atoms with Gasteiger partial charge >= 0.3 is 0 Å². The van der Waals surface area contributed by atoms with Crippen molar-refractivity contribution < 1.29 is 4.74 Å². The van der Waals surface area contributed by atoms with Crippen molar-refractivity contribution in [2.75, 3.05) is 19.4 Å². The van der Waals surface area contributed by atoms with Crippen LogP contribution in [0.2, 0.25) is 0 Å². The number of nitrogens with zero attached hydrogens (tertiary/aromatic N) is 4. The molecule has 1 aliphatic carbocycles. The van der Waals surface area contributed by atoms with Gasteiger partial charge in [0, 0.05) is 18.9 Å². The van der Waals surface area contributed by atoms with Crippen LogP contribution in [0, 0.1) is 0 Å². The Kier molecular flexibility index (Phi) is 3.45. The molecule has 0 atom stereocenters. The van der Waals surface area contributed by atoms with Crippen molar-refractivity contribution in [3.05, 3.63) is 53.0 Å². The van der Waals surface area contributed by atoms with Gasteiger partial charge in [0.05, 0.1) is 18.4 Å². The second-order valence-electron chi connectivity index (χ2n) is 6.08. The third kappa shape index (κ3) is 2.40. The van der Waals surface area contributed by atoms with Gasteiger partial charge in [-0.05, 0) is 48.6 Å². The van der Waals surface area contributed by atoms with Crippen molar-refractivity contribution >= 4 is 17.4 Å². The summed E-state index contributed by atoms with van der Waals surface area (Å²) in [6.07, 6.45) is 12.2. The number of amidine groups is 1. The number of aliphatic imine (C=N–C) groups is 1. The molecule has 6 nitrogen and oxygen atoms in total. The number of anilines is 1. The van der Waals surface area contributed by atoms with E-state index in [1.54, 1.807) is 7.11 Å². The van der Waals surface area contributed by atoms with E-state index in [9.17, 15) is 0 Å². The molecule has 0 fully saturated rings. The quantitative estimate of drug-likeness (QED) is 0.905. The van der Waals surface area contributed by atoms with Gasteiger partial charge in [0.15, 0.2) is 0 Å². The highest BCUT2D eigenvalue weighted by Gasteiger charge is 2.25. The molecule has 2 aliphatic heterocycles. The normalized spacial score (nSPS) is 18.8. The first-order valence-electron chi connectivity index (χ1n) is 7.97. The number of rotatable bonds is 2. The topological polar surface area (TPSA) is 76.6 Å². The molecule has 0 bridgehead atoms. The molecular weight excluding hydrogens is 302 g/mol. The van der Waals surface area contributed by atoms with Crippen LogP contribution in [0.5, 0.6) is 5.88 Å². The molecule has 0 unspecified atom stereocenters. The third-order valence-corrected chi connectivity index (χ3v) is 4.31. The molecule has 0 saturated heterocycles. The van der Waals surface area contributed by atoms with E-state index in [0.717, 1.165) is 47.6 Å². The molecular formula is C18H19N5O. The highest BCUT2D eigenvalue weighted by Crippen LogP contribution is 2.38. The smallest absolute Gasteiger partial charge is 0.226 e. The summed E-state index contributed by atoms with van der Waals surface area (Å²) in [6.45, 7) is 2.93. The van der Waals surface area contributed by atoms with Crippen LogP contribution in [0.3, 0.4) is 0 Å². The van der Waals surface area contributed by atoms with Crippen LogP contribution in [-0.2, 0) is 6.42 Å². The van der Waals surface area contributed by atoms with Gasteiger partial charge in [-0.3, -0.25) is 0 Å². The summed E-state index contributed by atoms with van der Waals surface area (Å²) < 4.78 is 5.47. The molecule has 3 heterocycles. The van der Waals surface area contributed by atoms with Crippen LogP contribution in [-0.4, -0.2) is 34.4 Å². The Morgan fingerprint density at radius 1 is 1.25 bits per heavy atom. The molecule has 122 valence electrons. The zero-order valence-electron chi connectivity index (χ0n) is 13.8. The lowest BCUT2D eigenvalue weighted by molar-refractivity contribution is 0.395. The molecule has 0 aromatic carbocycles. The lowest BCUT2D eigenvalue weighted by Gasteiger charge is -2.29. The Morgan fingerprint density at radius 2 is 2.12 bits per heavy atom. The number of nitrogen functional groups attached to an aromatic ring is 1. The van der Waals surface area contributed by atoms with Crippen LogP contribution in [0.15, 0.2) is 46.8 Å². The number of aryl methyl sites for hydroxylation is 1. The molecule has 2 N–H and O–H groups in total. The molecule has 24 heavy (non-hydrogen) atoms. The summed E-state index contributed by atoms with van der Waals surface area (Å²) >= 11 is 0. The van der Waals surface area contributed by atoms with Crippen LogP contribution in [0.4, 0.5) is 5.95 Å². The molecule has 0 radical (unpaired) electrons. The van der Waals surface area contributed by atoms with E-state index in [4.69, 9.17) is 10.5 Å². The lowest BCUT2D eigenvalue weighted by Crippen LogP contribution is -2.30. The minimum absolute atomic E-state index is 0.256. The minimum Gasteiger partial charge on any atom is -0.480 e. The van der Waals surface area contributed by atoms with E-state index in [1.165, 1.54) is 5.57 Å². The van der Waals surface area contributed by atoms with Gasteiger partial charge in [0.2, 0.25) is 11.8 Å². The number of hydrogen-bond acceptors (Lipinski definition) is 6. The number of fused-ring (bicyclic) bond motifs is 2. The average molecular weight is 321 g/mol. The van der Waals surface area contributed by atoms with Crippen molar-refractivity contribution in [3.8, 4) is 5.88 Å². The zero-order valence-corrected chi connectivity index (χ0v) is 13.8. The molecule has 1 aromatic rings. The maximum atomic E-state index is 5.80. The van der Waals surface area contributed by atoms with Gasteiger partial charge in [-0.15, -0.1) is 0 Å². The SMILES string of the molecule is COc1nc(N)nc2c1C(C1=CN3CC(C)=CN=C3C=C1)=CCC2. The second kappa shape index (κ2) is 5.63. The fourth-order valence-electron chi connectivity index (χ4n) is 3.25. The summed E-state index contributed by atoms with van der Waals surface area (Å²) in [6, 6.07) is 0. The zero-order chi connectivity index (χ0) is 16.7. The van der Waals surface area contributed by atoms with E-state index in [-0.39, 0.29) is 5.95 Å². The molecule has 0 saturated carbocycles. The van der Waals surface area contributed by atoms with Crippen LogP contribution < -0.4 is 10.5 Å². The van der Waals surface area contributed by atoms with E-state index in [0.29, 0.717) is 5.88 Å². The van der Waals surface area contributed by atoms with Gasteiger partial charge in [0.25, 0.3) is 0 Å². The van der Waals surface area contributed by atoms with Gasteiger partial charge in [-0.25, -0.2) is 9.98 Å². The standard InChI is InChI=1S/C18H19N5O/c1-11-8-20-15-7-6-12(10-23(15)9-11)13-4-3-5-14-16(13)17(24-2)22-18(19)21-14/h4,6-8,10H,3,5,9H2,1-2H3,(H2,19,21,22). The summed E-state index contributed by atoms with van der Waals surface area (Å²) in [5, 5.41) is 0. The van der Waals surface area contributed by atoms with Crippen LogP contribution >= 0.6 is 0 Å². The van der Waals surface area contributed by atoms with Crippen molar-refractivity contribution in [1.82, 2.24) is 14.9 Å². The first kappa shape index (κ1) is 14.7. The molecule has 4 rings (SSSR count). The largest absolute Gasteiger partial charge is 0.480 e. The summed E-state index contributed by atoms with van der Waals surface area (Å²) in [5.41, 5.74) is 11.1. The Labute approximate surface area is 140 Å². The third-order valence-electron chi connectivity index (χ3n) is 4.31. The maximum absolute atomic E-state index is 5.80. The van der Waals surface area contributed by atoms with Crippen molar-refractivity contribution in [1.29, 1.82) is 0 Å². The number of nitrogens with two attached hydrogens (primary N) is 1. The molecule has 0 amide bonds. The molecule has 6 heteroatoms. The van der Waals surface area contributed by atoms with Crippen LogP contribution in [0.1, 0.15) is 24.6 Å². The molecule has 0 spiro atoms. The molecule has 3 aliphatic rings. The van der Waals surface area contributed by atoms with Crippen molar-refractivity contribution in [3.63, 3.8) is 0 Å². The van der Waals surface area contributed by atoms with Gasteiger partial charge in [-0.1, -0.05) is 6.08 Å². The fraction of sp³-hybridized carbons (Fsp3) is 0.278. The van der Waals surface area contributed by atoms with Gasteiger partial charge < -0.3 is 15.4 Å². The van der Waals surface area contributed by atoms with Gasteiger partial charge in [-0.2, -0.15) is 4.98 Å². The Hall–Kier alpha value is -2.89. The second-order valence-corrected chi connectivity index (χ2v) is 6.08. The van der Waals surface area contributed by atoms with Crippen molar-refractivity contribution in [2.45, 2.75) is 19.8 Å². The summed E-state index contributed by atoms with van der Waals surface area (Å²) in [7, 11) is 1.61. The predicted molar refractivity (Wildman–Crippen MR) is 94.4 cm³/mol. The number of aromatic nitrogens is 2. The summed E-state index contributed by atoms with van der Waals surface area (Å²) in [5.74, 6) is 1.75. The first-order chi connectivity index (χ1) is 11.7. The highest BCUT2D eigenvalue weighted by molar-refractivity contribution is 5.99. The van der Waals surface area contributed by atoms with Gasteiger partial charge in [0.1, 0.15) is 5.84 Å². The Morgan fingerprint density at radius 3 is 2.96 bits per heavy atom. The first-order valence-corrected chi connectivity index (χ1v) is 7.97. The summed E-state index contributed by atoms with van der Waals surface area (Å²) in [4.78, 5) is 15.3. The van der Waals surface area contributed by atoms with Crippen LogP contribution in [0.25, 0.3) is 5.57 Å². The van der Waals surface area contributed by atoms with E-state index >= 15 is 0 Å². The Balaban J connectivity index is 1.78. The monoisotopic (exact) mass is 321 g/mol. The average Bonchev–Trinajstić information content (AvgIpc) is 2.59. The predicted octanol–water partition coefficient (Wildman–Crippen LogP) is 2.47. The van der Waals surface area contributed by atoms with E-state index in [1.807, 2.05) is 12.3 Å². The molecule has 1 aromatic heterocycles. The number of methoxy groups -OCH3 is 1. The maximum Gasteiger partial charge on any atom is 0.226 e. The lowest BCUT2D eigenvalue weighted by atomic mass is 9.89. The fourth-order valence-corrected chi connectivity index (χ4v) is 3.25. The highest BCUT2D eigenvalue weighted by atomic mass is 16.5.